The van der Waals surface area contributed by atoms with Crippen molar-refractivity contribution in [3.8, 4) is 23.1 Å². The first-order valence-corrected chi connectivity index (χ1v) is 11.4. The van der Waals surface area contributed by atoms with Crippen molar-refractivity contribution in [1.29, 1.82) is 5.26 Å². The number of ether oxygens (including phenoxy) is 1. The number of carbonyl (C=O) groups excluding carboxylic acids is 1. The number of nitriles is 1. The number of sulfonamides is 1. The van der Waals surface area contributed by atoms with E-state index in [2.05, 4.69) is 19.8 Å². The molecular formula is C20H16F2N4O4S2. The minimum Gasteiger partial charge on any atom is -0.434 e. The van der Waals surface area contributed by atoms with Crippen LogP contribution in [-0.4, -0.2) is 32.5 Å². The van der Waals surface area contributed by atoms with Gasteiger partial charge >= 0.3 is 6.61 Å². The number of carbonyl (C=O) groups is 1. The molecule has 0 fully saturated rings. The second-order valence-electron chi connectivity index (χ2n) is 6.20. The van der Waals surface area contributed by atoms with Crippen LogP contribution in [-0.2, 0) is 10.0 Å². The lowest BCUT2D eigenvalue weighted by atomic mass is 10.1. The Morgan fingerprint density at radius 2 is 1.91 bits per heavy atom. The van der Waals surface area contributed by atoms with Crippen molar-refractivity contribution >= 4 is 32.4 Å². The van der Waals surface area contributed by atoms with Gasteiger partial charge in [0.2, 0.25) is 10.0 Å². The van der Waals surface area contributed by atoms with Crippen LogP contribution in [0.5, 0.6) is 5.75 Å². The molecule has 0 unspecified atom stereocenters. The normalized spacial score (nSPS) is 11.2. The van der Waals surface area contributed by atoms with Crippen LogP contribution in [0.15, 0.2) is 58.8 Å². The standard InChI is InChI=1S/C20H16F2N4O4S2/c21-19(22)30-17-5-2-1-4-15(17)16-12-31-20(25-16)26-18(27)13-6-8-14(9-7-13)32(28,29)24-11-3-10-23/h1-2,4-9,12,19,24H,3,11H2,(H,25,26,27). The molecule has 0 saturated heterocycles. The summed E-state index contributed by atoms with van der Waals surface area (Å²) in [5, 5.41) is 12.9. The molecule has 1 aromatic heterocycles. The van der Waals surface area contributed by atoms with Crippen LogP contribution in [0, 0.1) is 11.3 Å². The van der Waals surface area contributed by atoms with Crippen LogP contribution in [0.3, 0.4) is 0 Å². The molecule has 0 aliphatic heterocycles. The Morgan fingerprint density at radius 1 is 1.19 bits per heavy atom. The topological polar surface area (TPSA) is 121 Å². The minimum absolute atomic E-state index is 0.0149. The number of halogens is 2. The summed E-state index contributed by atoms with van der Waals surface area (Å²) in [5.41, 5.74) is 0.897. The summed E-state index contributed by atoms with van der Waals surface area (Å²) in [6.07, 6.45) is 0.0360. The molecule has 0 radical (unpaired) electrons. The zero-order valence-corrected chi connectivity index (χ0v) is 17.9. The number of para-hydroxylation sites is 1. The number of alkyl halides is 2. The van der Waals surface area contributed by atoms with Crippen LogP contribution < -0.4 is 14.8 Å². The molecule has 8 nitrogen and oxygen atoms in total. The number of hydrogen-bond acceptors (Lipinski definition) is 7. The fraction of sp³-hybridized carbons (Fsp3) is 0.150. The first-order valence-electron chi connectivity index (χ1n) is 9.08. The maximum Gasteiger partial charge on any atom is 0.387 e. The SMILES string of the molecule is N#CCCNS(=O)(=O)c1ccc(C(=O)Nc2nc(-c3ccccc3OC(F)F)cs2)cc1. The summed E-state index contributed by atoms with van der Waals surface area (Å²) < 4.78 is 56.3. The molecule has 0 aliphatic rings. The van der Waals surface area contributed by atoms with Crippen molar-refractivity contribution in [1.82, 2.24) is 9.71 Å². The number of aromatic nitrogens is 1. The molecule has 3 aromatic rings. The Labute approximate surface area is 186 Å². The number of hydrogen-bond donors (Lipinski definition) is 2. The van der Waals surface area contributed by atoms with E-state index in [1.807, 2.05) is 6.07 Å². The zero-order chi connectivity index (χ0) is 23.1. The van der Waals surface area contributed by atoms with E-state index in [1.165, 1.54) is 30.3 Å². The van der Waals surface area contributed by atoms with Crippen LogP contribution in [0.25, 0.3) is 11.3 Å². The first-order chi connectivity index (χ1) is 15.3. The number of nitrogens with one attached hydrogen (secondary N) is 2. The molecule has 32 heavy (non-hydrogen) atoms. The molecule has 2 aromatic carbocycles. The van der Waals surface area contributed by atoms with Gasteiger partial charge < -0.3 is 4.74 Å². The molecule has 0 saturated carbocycles. The van der Waals surface area contributed by atoms with Crippen molar-refractivity contribution in [3.63, 3.8) is 0 Å². The Morgan fingerprint density at radius 3 is 2.59 bits per heavy atom. The number of rotatable bonds is 9. The Kier molecular flexibility index (Phi) is 7.47. The third kappa shape index (κ3) is 5.85. The lowest BCUT2D eigenvalue weighted by molar-refractivity contribution is -0.0494. The number of nitrogens with zero attached hydrogens (tertiary/aromatic N) is 2. The average Bonchev–Trinajstić information content (AvgIpc) is 3.22. The highest BCUT2D eigenvalue weighted by Crippen LogP contribution is 2.33. The van der Waals surface area contributed by atoms with E-state index in [1.54, 1.807) is 23.6 Å². The summed E-state index contributed by atoms with van der Waals surface area (Å²) in [4.78, 5) is 16.7. The molecule has 0 aliphatic carbocycles. The molecule has 3 rings (SSSR count). The Bertz CT molecular complexity index is 1240. The van der Waals surface area contributed by atoms with Crippen molar-refractivity contribution in [3.05, 3.63) is 59.5 Å². The fourth-order valence-electron chi connectivity index (χ4n) is 2.61. The van der Waals surface area contributed by atoms with Crippen molar-refractivity contribution in [2.24, 2.45) is 0 Å². The predicted molar refractivity (Wildman–Crippen MR) is 114 cm³/mol. The van der Waals surface area contributed by atoms with E-state index in [4.69, 9.17) is 5.26 Å². The van der Waals surface area contributed by atoms with Gasteiger partial charge in [0.05, 0.1) is 16.7 Å². The van der Waals surface area contributed by atoms with Crippen LogP contribution in [0.2, 0.25) is 0 Å². The maximum atomic E-state index is 12.6. The van der Waals surface area contributed by atoms with E-state index in [9.17, 15) is 22.0 Å². The Hall–Kier alpha value is -3.40. The lowest BCUT2D eigenvalue weighted by Crippen LogP contribution is -2.24. The van der Waals surface area contributed by atoms with E-state index in [0.29, 0.717) is 11.3 Å². The van der Waals surface area contributed by atoms with Gasteiger partial charge in [-0.15, -0.1) is 11.3 Å². The van der Waals surface area contributed by atoms with E-state index < -0.39 is 22.5 Å². The summed E-state index contributed by atoms with van der Waals surface area (Å²) in [6, 6.07) is 13.2. The predicted octanol–water partition coefficient (Wildman–Crippen LogP) is 3.86. The van der Waals surface area contributed by atoms with Gasteiger partial charge in [0.15, 0.2) is 5.13 Å². The van der Waals surface area contributed by atoms with Gasteiger partial charge in [0.1, 0.15) is 5.75 Å². The fourth-order valence-corrected chi connectivity index (χ4v) is 4.35. The van der Waals surface area contributed by atoms with Crippen molar-refractivity contribution < 1.29 is 26.7 Å². The number of anilines is 1. The number of thiazole rings is 1. The third-order valence-electron chi connectivity index (χ3n) is 4.06. The molecule has 0 spiro atoms. The highest BCUT2D eigenvalue weighted by Gasteiger charge is 2.17. The number of benzene rings is 2. The van der Waals surface area contributed by atoms with Gasteiger partial charge in [-0.1, -0.05) is 12.1 Å². The molecule has 12 heteroatoms. The highest BCUT2D eigenvalue weighted by molar-refractivity contribution is 7.89. The molecule has 2 N–H and O–H groups in total. The summed E-state index contributed by atoms with van der Waals surface area (Å²) >= 11 is 1.10. The zero-order valence-electron chi connectivity index (χ0n) is 16.3. The summed E-state index contributed by atoms with van der Waals surface area (Å²) in [5.74, 6) is -0.560. The van der Waals surface area contributed by atoms with Crippen LogP contribution >= 0.6 is 11.3 Å². The largest absolute Gasteiger partial charge is 0.434 e. The minimum atomic E-state index is -3.78. The van der Waals surface area contributed by atoms with Crippen LogP contribution in [0.4, 0.5) is 13.9 Å². The Balaban J connectivity index is 1.70. The van der Waals surface area contributed by atoms with Gasteiger partial charge in [-0.3, -0.25) is 10.1 Å². The van der Waals surface area contributed by atoms with Crippen molar-refractivity contribution in [2.45, 2.75) is 17.9 Å². The lowest BCUT2D eigenvalue weighted by Gasteiger charge is -2.08. The molecule has 1 heterocycles. The maximum absolute atomic E-state index is 12.6. The van der Waals surface area contributed by atoms with Gasteiger partial charge in [-0.25, -0.2) is 18.1 Å². The highest BCUT2D eigenvalue weighted by atomic mass is 32.2. The number of amides is 1. The summed E-state index contributed by atoms with van der Waals surface area (Å²) in [7, 11) is -3.78. The third-order valence-corrected chi connectivity index (χ3v) is 6.29. The van der Waals surface area contributed by atoms with Gasteiger partial charge in [0, 0.05) is 29.5 Å². The molecule has 1 amide bonds. The van der Waals surface area contributed by atoms with Gasteiger partial charge in [-0.2, -0.15) is 14.0 Å². The second-order valence-corrected chi connectivity index (χ2v) is 8.82. The summed E-state index contributed by atoms with van der Waals surface area (Å²) in [6.45, 7) is -3.00. The molecular weight excluding hydrogens is 462 g/mol. The smallest absolute Gasteiger partial charge is 0.387 e. The van der Waals surface area contributed by atoms with Gasteiger partial charge in [-0.05, 0) is 36.4 Å². The molecule has 166 valence electrons. The molecule has 0 atom stereocenters. The average molecular weight is 479 g/mol. The quantitative estimate of drug-likeness (QED) is 0.451. The van der Waals surface area contributed by atoms with Crippen LogP contribution in [0.1, 0.15) is 16.8 Å². The van der Waals surface area contributed by atoms with E-state index in [0.717, 1.165) is 11.3 Å². The molecule has 0 bridgehead atoms. The van der Waals surface area contributed by atoms with Crippen molar-refractivity contribution in [2.75, 3.05) is 11.9 Å². The van der Waals surface area contributed by atoms with E-state index in [-0.39, 0.29) is 34.3 Å². The second kappa shape index (κ2) is 10.3. The van der Waals surface area contributed by atoms with E-state index >= 15 is 0 Å². The monoisotopic (exact) mass is 478 g/mol. The van der Waals surface area contributed by atoms with Gasteiger partial charge in [0.25, 0.3) is 5.91 Å². The first kappa shape index (κ1) is 23.3.